The molecule has 3 aromatic rings. The number of nitrogens with one attached hydrogen (secondary N) is 1. The van der Waals surface area contributed by atoms with Crippen LogP contribution in [0, 0.1) is 6.92 Å². The van der Waals surface area contributed by atoms with E-state index in [0.717, 1.165) is 12.8 Å². The van der Waals surface area contributed by atoms with Gasteiger partial charge >= 0.3 is 0 Å². The molecule has 1 amide bonds. The van der Waals surface area contributed by atoms with Gasteiger partial charge in [-0.1, -0.05) is 35.9 Å². The lowest BCUT2D eigenvalue weighted by molar-refractivity contribution is 0.0953. The van der Waals surface area contributed by atoms with Gasteiger partial charge in [0.05, 0.1) is 5.69 Å². The molecule has 0 fully saturated rings. The first-order valence-electron chi connectivity index (χ1n) is 9.34. The molecule has 0 radical (unpaired) electrons. The van der Waals surface area contributed by atoms with Gasteiger partial charge < -0.3 is 5.32 Å². The smallest absolute Gasteiger partial charge is 0.273 e. The quantitative estimate of drug-likeness (QED) is 0.546. The standard InChI is InChI=1S/C22H24N2O3S2/c1-17-6-3-7-18(16-17)8-4-14-23-22(25)19-10-12-20(13-11-19)24(2)29(26,27)21-9-5-15-28-21/h3,5-7,9-13,15-16H,4,8,14H2,1-2H3,(H,23,25). The summed E-state index contributed by atoms with van der Waals surface area (Å²) in [4.78, 5) is 12.3. The lowest BCUT2D eigenvalue weighted by atomic mass is 10.1. The van der Waals surface area contributed by atoms with E-state index in [1.165, 1.54) is 33.8 Å². The number of amides is 1. The molecule has 5 nitrogen and oxygen atoms in total. The molecular weight excluding hydrogens is 404 g/mol. The van der Waals surface area contributed by atoms with Crippen molar-refractivity contribution in [2.24, 2.45) is 0 Å². The molecule has 1 N–H and O–H groups in total. The van der Waals surface area contributed by atoms with Gasteiger partial charge in [0.2, 0.25) is 0 Å². The number of carbonyl (C=O) groups is 1. The second-order valence-corrected chi connectivity index (χ2v) is 9.94. The first kappa shape index (κ1) is 21.1. The topological polar surface area (TPSA) is 66.5 Å². The summed E-state index contributed by atoms with van der Waals surface area (Å²) in [6, 6.07) is 18.2. The van der Waals surface area contributed by atoms with E-state index in [1.807, 2.05) is 6.07 Å². The highest BCUT2D eigenvalue weighted by atomic mass is 32.2. The molecule has 0 unspecified atom stereocenters. The Morgan fingerprint density at radius 2 is 1.83 bits per heavy atom. The van der Waals surface area contributed by atoms with Crippen molar-refractivity contribution in [3.8, 4) is 0 Å². The number of nitrogens with zero attached hydrogens (tertiary/aromatic N) is 1. The summed E-state index contributed by atoms with van der Waals surface area (Å²) < 4.78 is 26.7. The van der Waals surface area contributed by atoms with E-state index in [1.54, 1.807) is 41.8 Å². The number of hydrogen-bond donors (Lipinski definition) is 1. The minimum Gasteiger partial charge on any atom is -0.352 e. The molecule has 0 atom stereocenters. The Labute approximate surface area is 176 Å². The van der Waals surface area contributed by atoms with Crippen LogP contribution in [-0.2, 0) is 16.4 Å². The van der Waals surface area contributed by atoms with Crippen LogP contribution >= 0.6 is 11.3 Å². The number of rotatable bonds is 8. The molecule has 0 spiro atoms. The van der Waals surface area contributed by atoms with Gasteiger partial charge in [0.25, 0.3) is 15.9 Å². The lowest BCUT2D eigenvalue weighted by Gasteiger charge is -2.18. The third-order valence-electron chi connectivity index (χ3n) is 4.61. The zero-order chi connectivity index (χ0) is 20.9. The molecule has 7 heteroatoms. The minimum atomic E-state index is -3.58. The molecule has 0 saturated heterocycles. The van der Waals surface area contributed by atoms with Crippen LogP contribution in [0.1, 0.15) is 27.9 Å². The highest BCUT2D eigenvalue weighted by Gasteiger charge is 2.22. The summed E-state index contributed by atoms with van der Waals surface area (Å²) in [5, 5.41) is 4.65. The number of aryl methyl sites for hydroxylation is 2. The third kappa shape index (κ3) is 5.25. The number of sulfonamides is 1. The van der Waals surface area contributed by atoms with E-state index in [-0.39, 0.29) is 10.1 Å². The zero-order valence-corrected chi connectivity index (χ0v) is 18.1. The van der Waals surface area contributed by atoms with Gasteiger partial charge in [-0.3, -0.25) is 9.10 Å². The average Bonchev–Trinajstić information content (AvgIpc) is 3.26. The van der Waals surface area contributed by atoms with Crippen LogP contribution < -0.4 is 9.62 Å². The van der Waals surface area contributed by atoms with Gasteiger partial charge in [-0.15, -0.1) is 11.3 Å². The molecule has 0 aliphatic heterocycles. The Morgan fingerprint density at radius 1 is 1.07 bits per heavy atom. The Morgan fingerprint density at radius 3 is 2.48 bits per heavy atom. The van der Waals surface area contributed by atoms with Crippen molar-refractivity contribution in [2.75, 3.05) is 17.9 Å². The van der Waals surface area contributed by atoms with Crippen molar-refractivity contribution < 1.29 is 13.2 Å². The maximum atomic E-state index is 12.6. The Bertz CT molecular complexity index is 1060. The van der Waals surface area contributed by atoms with Crippen molar-refractivity contribution in [1.29, 1.82) is 0 Å². The van der Waals surface area contributed by atoms with Crippen LogP contribution in [0.3, 0.4) is 0 Å². The van der Waals surface area contributed by atoms with Crippen LogP contribution in [0.25, 0.3) is 0 Å². The SMILES string of the molecule is Cc1cccc(CCCNC(=O)c2ccc(N(C)S(=O)(=O)c3cccs3)cc2)c1. The first-order valence-corrected chi connectivity index (χ1v) is 11.7. The molecule has 0 bridgehead atoms. The van der Waals surface area contributed by atoms with Gasteiger partial charge in [-0.2, -0.15) is 0 Å². The van der Waals surface area contributed by atoms with E-state index < -0.39 is 10.0 Å². The molecule has 1 aromatic heterocycles. The first-order chi connectivity index (χ1) is 13.9. The Kier molecular flexibility index (Phi) is 6.71. The number of thiophene rings is 1. The van der Waals surface area contributed by atoms with Crippen molar-refractivity contribution >= 4 is 33.0 Å². The van der Waals surface area contributed by atoms with Crippen LogP contribution in [0.5, 0.6) is 0 Å². The summed E-state index contributed by atoms with van der Waals surface area (Å²) in [5.74, 6) is -0.162. The van der Waals surface area contributed by atoms with Crippen molar-refractivity contribution in [1.82, 2.24) is 5.32 Å². The van der Waals surface area contributed by atoms with Gasteiger partial charge in [-0.05, 0) is 61.0 Å². The van der Waals surface area contributed by atoms with Crippen molar-refractivity contribution in [2.45, 2.75) is 24.0 Å². The summed E-state index contributed by atoms with van der Waals surface area (Å²) >= 11 is 1.18. The fourth-order valence-corrected chi connectivity index (χ4v) is 5.33. The van der Waals surface area contributed by atoms with Gasteiger partial charge in [-0.25, -0.2) is 8.42 Å². The monoisotopic (exact) mass is 428 g/mol. The molecule has 29 heavy (non-hydrogen) atoms. The second-order valence-electron chi connectivity index (χ2n) is 6.80. The largest absolute Gasteiger partial charge is 0.352 e. The fourth-order valence-electron chi connectivity index (χ4n) is 2.97. The molecule has 0 saturated carbocycles. The number of benzene rings is 2. The van der Waals surface area contributed by atoms with E-state index in [9.17, 15) is 13.2 Å². The molecule has 0 aliphatic rings. The van der Waals surface area contributed by atoms with Gasteiger partial charge in [0.1, 0.15) is 4.21 Å². The summed E-state index contributed by atoms with van der Waals surface area (Å²) in [7, 11) is -2.07. The predicted molar refractivity (Wildman–Crippen MR) is 118 cm³/mol. The van der Waals surface area contributed by atoms with Crippen LogP contribution in [0.4, 0.5) is 5.69 Å². The summed E-state index contributed by atoms with van der Waals surface area (Å²) in [6.45, 7) is 2.65. The molecular formula is C22H24N2O3S2. The predicted octanol–water partition coefficient (Wildman–Crippen LogP) is 4.24. The van der Waals surface area contributed by atoms with Crippen molar-refractivity contribution in [3.05, 3.63) is 82.7 Å². The van der Waals surface area contributed by atoms with Crippen LogP contribution in [-0.4, -0.2) is 27.9 Å². The number of anilines is 1. The summed E-state index contributed by atoms with van der Waals surface area (Å²) in [5.41, 5.74) is 3.51. The second kappa shape index (κ2) is 9.24. The third-order valence-corrected chi connectivity index (χ3v) is 7.77. The van der Waals surface area contributed by atoms with Crippen LogP contribution in [0.15, 0.2) is 70.3 Å². The van der Waals surface area contributed by atoms with E-state index in [2.05, 4.69) is 30.4 Å². The fraction of sp³-hybridized carbons (Fsp3) is 0.227. The Balaban J connectivity index is 1.54. The highest BCUT2D eigenvalue weighted by molar-refractivity contribution is 7.94. The maximum absolute atomic E-state index is 12.6. The molecule has 152 valence electrons. The van der Waals surface area contributed by atoms with E-state index in [4.69, 9.17) is 0 Å². The van der Waals surface area contributed by atoms with E-state index >= 15 is 0 Å². The molecule has 0 aliphatic carbocycles. The number of hydrogen-bond acceptors (Lipinski definition) is 4. The van der Waals surface area contributed by atoms with Crippen LogP contribution in [0.2, 0.25) is 0 Å². The zero-order valence-electron chi connectivity index (χ0n) is 16.5. The molecule has 2 aromatic carbocycles. The highest BCUT2D eigenvalue weighted by Crippen LogP contribution is 2.25. The molecule has 3 rings (SSSR count). The Hall–Kier alpha value is -2.64. The van der Waals surface area contributed by atoms with Gasteiger partial charge in [0, 0.05) is 19.2 Å². The van der Waals surface area contributed by atoms with E-state index in [0.29, 0.717) is 17.8 Å². The average molecular weight is 429 g/mol. The number of carbonyl (C=O) groups excluding carboxylic acids is 1. The van der Waals surface area contributed by atoms with Crippen molar-refractivity contribution in [3.63, 3.8) is 0 Å². The summed E-state index contributed by atoms with van der Waals surface area (Å²) in [6.07, 6.45) is 1.77. The van der Waals surface area contributed by atoms with Gasteiger partial charge in [0.15, 0.2) is 0 Å². The minimum absolute atomic E-state index is 0.162. The molecule has 1 heterocycles. The normalized spacial score (nSPS) is 11.2. The lowest BCUT2D eigenvalue weighted by Crippen LogP contribution is -2.26. The maximum Gasteiger partial charge on any atom is 0.273 e.